The number of aliphatic hydroxyl groups excluding tert-OH is 1. The summed E-state index contributed by atoms with van der Waals surface area (Å²) in [5.74, 6) is -0.265. The molecular formula is C37H45N5O8S. The lowest BCUT2D eigenvalue weighted by atomic mass is 10.0. The Hall–Kier alpha value is -4.34. The number of pyridine rings is 1. The van der Waals surface area contributed by atoms with Crippen LogP contribution in [0.5, 0.6) is 5.88 Å². The Bertz CT molecular complexity index is 1900. The van der Waals surface area contributed by atoms with Gasteiger partial charge in [0.25, 0.3) is 0 Å². The number of aliphatic imine (C=N–C) groups is 1. The van der Waals surface area contributed by atoms with Gasteiger partial charge in [-0.3, -0.25) is 9.98 Å². The number of ether oxygens (including phenoxy) is 3. The smallest absolute Gasteiger partial charge is 0.407 e. The maximum Gasteiger partial charge on any atom is 0.407 e. The molecule has 2 aromatic carbocycles. The summed E-state index contributed by atoms with van der Waals surface area (Å²) in [5, 5.41) is 25.6. The van der Waals surface area contributed by atoms with E-state index in [-0.39, 0.29) is 48.7 Å². The topological polar surface area (TPSA) is 176 Å². The fourth-order valence-corrected chi connectivity index (χ4v) is 8.18. The normalized spacial score (nSPS) is 20.3. The zero-order valence-corrected chi connectivity index (χ0v) is 29.5. The Morgan fingerprint density at radius 2 is 1.94 bits per heavy atom. The Morgan fingerprint density at radius 3 is 2.71 bits per heavy atom. The van der Waals surface area contributed by atoms with Crippen LogP contribution in [0.2, 0.25) is 0 Å². The molecule has 4 heterocycles. The number of amides is 1. The Labute approximate surface area is 297 Å². The standard InChI is InChI=1S/C37H45N5O8S/c1-24(2)21-42(22-33(43)32(18-25-8-4-3-5-9-25)41-37(45)50-34-23-49-36-28(34)14-17-48-36)51(46,47)27-11-12-31-29(19-27)30(35(44)40-31)20-38-16-13-26-10-6-7-15-39-26/h3-12,15,19-20,24,28,32-34,36,40,43-44H,13-14,16-18,21-23H2,1-2H3,(H,41,45). The molecule has 4 N–H and O–H groups in total. The zero-order valence-electron chi connectivity index (χ0n) is 28.7. The summed E-state index contributed by atoms with van der Waals surface area (Å²) in [7, 11) is -4.16. The van der Waals surface area contributed by atoms with Gasteiger partial charge in [-0.25, -0.2) is 13.2 Å². The van der Waals surface area contributed by atoms with Crippen LogP contribution in [0, 0.1) is 11.8 Å². The highest BCUT2D eigenvalue weighted by atomic mass is 32.2. The van der Waals surface area contributed by atoms with Crippen molar-refractivity contribution in [2.45, 2.75) is 62.5 Å². The van der Waals surface area contributed by atoms with Crippen LogP contribution in [0.3, 0.4) is 0 Å². The van der Waals surface area contributed by atoms with Gasteiger partial charge in [-0.15, -0.1) is 0 Å². The number of carbonyl (C=O) groups is 1. The van der Waals surface area contributed by atoms with Gasteiger partial charge in [0.05, 0.1) is 41.7 Å². The number of hydrogen-bond acceptors (Lipinski definition) is 10. The number of aromatic nitrogens is 2. The molecule has 272 valence electrons. The van der Waals surface area contributed by atoms with Crippen molar-refractivity contribution in [1.82, 2.24) is 19.6 Å². The van der Waals surface area contributed by atoms with Crippen molar-refractivity contribution >= 4 is 33.2 Å². The molecule has 2 aliphatic rings. The summed E-state index contributed by atoms with van der Waals surface area (Å²) in [5.41, 5.74) is 2.65. The van der Waals surface area contributed by atoms with E-state index in [1.807, 2.05) is 62.4 Å². The molecule has 14 heteroatoms. The van der Waals surface area contributed by atoms with Crippen molar-refractivity contribution in [1.29, 1.82) is 0 Å². The predicted octanol–water partition coefficient (Wildman–Crippen LogP) is 4.04. The number of alkyl carbamates (subject to hydrolysis) is 1. The average Bonchev–Trinajstić information content (AvgIpc) is 3.82. The van der Waals surface area contributed by atoms with Gasteiger partial charge in [-0.2, -0.15) is 4.31 Å². The number of carbonyl (C=O) groups excluding carboxylic acids is 1. The lowest BCUT2D eigenvalue weighted by Crippen LogP contribution is -2.51. The third-order valence-electron chi connectivity index (χ3n) is 9.14. The SMILES string of the molecule is CC(C)CN(CC(O)C(Cc1ccccc1)NC(=O)OC1COC2OCCC12)S(=O)(=O)c1ccc2[nH]c(O)c(C=NCCc3ccccn3)c2c1. The number of fused-ring (bicyclic) bond motifs is 2. The van der Waals surface area contributed by atoms with Crippen molar-refractivity contribution in [2.24, 2.45) is 16.8 Å². The summed E-state index contributed by atoms with van der Waals surface area (Å²) in [6.07, 6.45) is 1.92. The number of benzene rings is 2. The van der Waals surface area contributed by atoms with Crippen LogP contribution < -0.4 is 5.32 Å². The molecule has 0 radical (unpaired) electrons. The van der Waals surface area contributed by atoms with Crippen LogP contribution in [-0.2, 0) is 37.1 Å². The number of rotatable bonds is 15. The molecule has 51 heavy (non-hydrogen) atoms. The fraction of sp³-hybridized carbons (Fsp3) is 0.432. The number of nitrogens with zero attached hydrogens (tertiary/aromatic N) is 3. The molecule has 13 nitrogen and oxygen atoms in total. The summed E-state index contributed by atoms with van der Waals surface area (Å²) in [6, 6.07) is 18.7. The van der Waals surface area contributed by atoms with E-state index in [4.69, 9.17) is 14.2 Å². The highest BCUT2D eigenvalue weighted by molar-refractivity contribution is 7.89. The Morgan fingerprint density at radius 1 is 1.14 bits per heavy atom. The molecular weight excluding hydrogens is 675 g/mol. The van der Waals surface area contributed by atoms with Gasteiger partial charge >= 0.3 is 6.09 Å². The van der Waals surface area contributed by atoms with Crippen LogP contribution in [0.4, 0.5) is 4.79 Å². The largest absolute Gasteiger partial charge is 0.494 e. The summed E-state index contributed by atoms with van der Waals surface area (Å²) in [4.78, 5) is 24.8. The van der Waals surface area contributed by atoms with Crippen LogP contribution in [0.15, 0.2) is 82.8 Å². The minimum absolute atomic E-state index is 0.00784. The van der Waals surface area contributed by atoms with Crippen molar-refractivity contribution in [3.05, 3.63) is 89.7 Å². The number of hydrogen-bond donors (Lipinski definition) is 4. The first kappa shape index (κ1) is 36.5. The van der Waals surface area contributed by atoms with Crippen LogP contribution >= 0.6 is 0 Å². The highest BCUT2D eigenvalue weighted by Gasteiger charge is 2.44. The molecule has 0 saturated carbocycles. The lowest BCUT2D eigenvalue weighted by Gasteiger charge is -2.31. The van der Waals surface area contributed by atoms with Crippen molar-refractivity contribution in [3.63, 3.8) is 0 Å². The Kier molecular flexibility index (Phi) is 11.7. The highest BCUT2D eigenvalue weighted by Crippen LogP contribution is 2.33. The second kappa shape index (κ2) is 16.3. The number of nitrogens with one attached hydrogen (secondary N) is 2. The van der Waals surface area contributed by atoms with Crippen LogP contribution in [-0.4, -0.2) is 103 Å². The maximum absolute atomic E-state index is 14.3. The van der Waals surface area contributed by atoms with E-state index in [0.29, 0.717) is 36.0 Å². The second-order valence-electron chi connectivity index (χ2n) is 13.4. The van der Waals surface area contributed by atoms with E-state index in [2.05, 4.69) is 20.3 Å². The molecule has 4 aromatic rings. The van der Waals surface area contributed by atoms with Crippen LogP contribution in [0.1, 0.15) is 37.1 Å². The lowest BCUT2D eigenvalue weighted by molar-refractivity contribution is -0.0907. The van der Waals surface area contributed by atoms with Crippen molar-refractivity contribution in [2.75, 3.05) is 32.8 Å². The molecule has 2 fully saturated rings. The monoisotopic (exact) mass is 719 g/mol. The molecule has 0 spiro atoms. The molecule has 5 unspecified atom stereocenters. The second-order valence-corrected chi connectivity index (χ2v) is 15.3. The van der Waals surface area contributed by atoms with E-state index in [1.54, 1.807) is 12.3 Å². The van der Waals surface area contributed by atoms with Crippen molar-refractivity contribution < 1.29 is 37.6 Å². The van der Waals surface area contributed by atoms with Gasteiger partial charge in [0.1, 0.15) is 6.10 Å². The van der Waals surface area contributed by atoms with Gasteiger partial charge in [0.15, 0.2) is 12.2 Å². The van der Waals surface area contributed by atoms with E-state index in [0.717, 1.165) is 17.7 Å². The van der Waals surface area contributed by atoms with Gasteiger partial charge < -0.3 is 34.7 Å². The van der Waals surface area contributed by atoms with E-state index in [9.17, 15) is 23.4 Å². The first-order valence-corrected chi connectivity index (χ1v) is 18.7. The number of aromatic amines is 1. The molecule has 2 aliphatic heterocycles. The fourth-order valence-electron chi connectivity index (χ4n) is 6.53. The third-order valence-corrected chi connectivity index (χ3v) is 11.0. The molecule has 1 amide bonds. The molecule has 2 saturated heterocycles. The maximum atomic E-state index is 14.3. The Balaban J connectivity index is 1.21. The molecule has 0 aliphatic carbocycles. The minimum atomic E-state index is -4.16. The summed E-state index contributed by atoms with van der Waals surface area (Å²) in [6.45, 7) is 4.79. The predicted molar refractivity (Wildman–Crippen MR) is 191 cm³/mol. The van der Waals surface area contributed by atoms with Gasteiger partial charge in [-0.05, 0) is 54.7 Å². The number of H-pyrrole nitrogens is 1. The average molecular weight is 720 g/mol. The first-order chi connectivity index (χ1) is 24.6. The number of sulfonamides is 1. The molecule has 0 bridgehead atoms. The zero-order chi connectivity index (χ0) is 36.0. The summed E-state index contributed by atoms with van der Waals surface area (Å²) < 4.78 is 46.7. The van der Waals surface area contributed by atoms with Crippen LogP contribution in [0.25, 0.3) is 10.9 Å². The van der Waals surface area contributed by atoms with E-state index >= 15 is 0 Å². The molecule has 6 rings (SSSR count). The van der Waals surface area contributed by atoms with Gasteiger partial charge in [0.2, 0.25) is 10.0 Å². The van der Waals surface area contributed by atoms with E-state index < -0.39 is 40.7 Å². The molecule has 2 aromatic heterocycles. The van der Waals surface area contributed by atoms with Crippen molar-refractivity contribution in [3.8, 4) is 5.88 Å². The molecule has 5 atom stereocenters. The van der Waals surface area contributed by atoms with E-state index in [1.165, 1.54) is 22.7 Å². The summed E-state index contributed by atoms with van der Waals surface area (Å²) >= 11 is 0. The minimum Gasteiger partial charge on any atom is -0.494 e. The third kappa shape index (κ3) is 8.94. The number of aliphatic hydroxyl groups is 1. The van der Waals surface area contributed by atoms with Gasteiger partial charge in [-0.1, -0.05) is 50.2 Å². The van der Waals surface area contributed by atoms with Gasteiger partial charge in [0, 0.05) is 55.1 Å². The quantitative estimate of drug-likeness (QED) is 0.132. The number of aromatic hydroxyl groups is 1. The first-order valence-electron chi connectivity index (χ1n) is 17.3.